The number of carboxylic acid groups (broad SMARTS) is 1. The van der Waals surface area contributed by atoms with Crippen LogP contribution in [-0.4, -0.2) is 137 Å². The summed E-state index contributed by atoms with van der Waals surface area (Å²) in [6.45, 7) is 0. The number of likely N-dealkylation sites (N-methyl/N-ethyl adjacent to an activating group) is 1. The van der Waals surface area contributed by atoms with Crippen molar-refractivity contribution in [3.8, 4) is 80.1 Å². The summed E-state index contributed by atoms with van der Waals surface area (Å²) in [7, 11) is 1.42. The van der Waals surface area contributed by atoms with E-state index in [0.717, 1.165) is 66.7 Å². The number of aliphatic hydroxyl groups is 8. The molecule has 7 aromatic carbocycles. The van der Waals surface area contributed by atoms with Gasteiger partial charge < -0.3 is 96.1 Å². The number of ether oxygens (including phenoxy) is 3. The Kier molecular flexibility index (Phi) is 16.1. The predicted octanol–water partition coefficient (Wildman–Crippen LogP) is 11.1. The molecule has 1 unspecified atom stereocenters. The third-order valence-electron chi connectivity index (χ3n) is 14.6. The maximum atomic E-state index is 13.1. The second-order valence-corrected chi connectivity index (χ2v) is 21.9. The summed E-state index contributed by atoms with van der Waals surface area (Å²) in [6.07, 6.45) is -4.25. The molecular formula is C59H45Cl4N7O19. The molecule has 0 radical (unpaired) electrons. The van der Waals surface area contributed by atoms with E-state index in [1.165, 1.54) is 43.4 Å². The molecule has 6 aliphatic rings. The molecule has 89 heavy (non-hydrogen) atoms. The predicted molar refractivity (Wildman–Crippen MR) is 323 cm³/mol. The van der Waals surface area contributed by atoms with Crippen molar-refractivity contribution in [2.24, 2.45) is 30.0 Å². The highest BCUT2D eigenvalue weighted by molar-refractivity contribution is 6.37. The van der Waals surface area contributed by atoms with Crippen LogP contribution in [0.15, 0.2) is 133 Å². The van der Waals surface area contributed by atoms with Gasteiger partial charge in [-0.25, -0.2) is 34.7 Å². The van der Waals surface area contributed by atoms with Gasteiger partial charge in [-0.2, -0.15) is 0 Å². The molecule has 0 saturated carbocycles. The van der Waals surface area contributed by atoms with Crippen LogP contribution in [0.25, 0.3) is 11.1 Å². The van der Waals surface area contributed by atoms with E-state index >= 15 is 0 Å². The number of nitrogens with zero attached hydrogens (tertiary/aromatic N) is 6. The standard InChI is InChI=1S/C59H45Cl4N7O19/c1-64-42-20-3-6-33(73)37(12-20)87-25-17-28(41(63)35(75)18-25)45-56(82)66-44-22-13-38(88-36-7-4-21(9-29(36)60)49(76)47(57(83)67-45)69-53(42)79)51(78)39(14-22)89-52-30(61)10-23(11-31(52)62)50(77)48-58(84)68-46(59(85)86)27-15-24(71)16-34(74)40(27)26-8-19(2-5-32(26)72)43(54(80)70-48)65-55(44)81/h2-18,42-50,64,71-78H,1H3,(H,65,81)(H,66,82)(H,67,83)(H,68,84)(H,69,79)(H,70,80)(H,85,86)/t42-,43-,44-,45+,46+,47-,48?,49-,50-/m1/s1. The zero-order valence-electron chi connectivity index (χ0n) is 45.0. The number of benzene rings is 7. The molecule has 0 amide bonds. The number of carbonyl (C=O) groups is 1. The fourth-order valence-electron chi connectivity index (χ4n) is 10.3. The molecular weight excluding hydrogens is 1250 g/mol. The number of aliphatic imine (C=N–C) groups is 6. The largest absolute Gasteiger partial charge is 0.508 e. The van der Waals surface area contributed by atoms with Crippen molar-refractivity contribution < 1.29 is 95.6 Å². The first-order valence-electron chi connectivity index (χ1n) is 26.1. The minimum Gasteiger partial charge on any atom is -0.508 e. The lowest BCUT2D eigenvalue weighted by Gasteiger charge is -2.26. The van der Waals surface area contributed by atoms with Crippen LogP contribution in [0, 0.1) is 0 Å². The molecule has 30 heteroatoms. The maximum absolute atomic E-state index is 13.1. The summed E-state index contributed by atoms with van der Waals surface area (Å²) >= 11 is 27.4. The molecule has 17 bridgehead atoms. The van der Waals surface area contributed by atoms with Crippen LogP contribution in [0.3, 0.4) is 0 Å². The Morgan fingerprint density at radius 1 is 0.461 bits per heavy atom. The minimum absolute atomic E-state index is 0.112. The quantitative estimate of drug-likeness (QED) is 0.0764. The van der Waals surface area contributed by atoms with Gasteiger partial charge in [0, 0.05) is 34.4 Å². The monoisotopic (exact) mass is 1300 g/mol. The van der Waals surface area contributed by atoms with E-state index in [0.29, 0.717) is 0 Å². The van der Waals surface area contributed by atoms with E-state index in [2.05, 4.69) is 35.3 Å². The Bertz CT molecular complexity index is 4290. The lowest BCUT2D eigenvalue weighted by Crippen LogP contribution is -2.33. The summed E-state index contributed by atoms with van der Waals surface area (Å²) in [5.41, 5.74) is -2.89. The molecule has 0 spiro atoms. The number of hydrogen-bond acceptors (Lipinski definition) is 19. The molecule has 9 atom stereocenters. The normalized spacial score (nSPS) is 22.4. The Hall–Kier alpha value is -9.93. The summed E-state index contributed by atoms with van der Waals surface area (Å²) in [5, 5.41) is 179. The number of phenolic OH excluding ortho intramolecular Hbond substituents is 6. The molecule has 7 aromatic rings. The van der Waals surface area contributed by atoms with Crippen LogP contribution in [0.5, 0.6) is 69.0 Å². The van der Waals surface area contributed by atoms with Crippen molar-refractivity contribution >= 4 is 87.8 Å². The van der Waals surface area contributed by atoms with E-state index in [9.17, 15) is 81.4 Å². The van der Waals surface area contributed by atoms with Crippen LogP contribution in [0.4, 0.5) is 0 Å². The fraction of sp³-hybridized carbons (Fsp3) is 0.169. The average molecular weight is 1300 g/mol. The Morgan fingerprint density at radius 2 is 1.02 bits per heavy atom. The number of carboxylic acids is 1. The highest BCUT2D eigenvalue weighted by Gasteiger charge is 2.39. The maximum Gasteiger partial charge on any atom is 0.333 e. The fourth-order valence-corrected chi connectivity index (χ4v) is 11.3. The Balaban J connectivity index is 1.25. The van der Waals surface area contributed by atoms with Crippen LogP contribution in [0.1, 0.15) is 81.4 Å². The lowest BCUT2D eigenvalue weighted by molar-refractivity contribution is -0.138. The smallest absolute Gasteiger partial charge is 0.333 e. The van der Waals surface area contributed by atoms with Gasteiger partial charge in [0.1, 0.15) is 52.7 Å². The highest BCUT2D eigenvalue weighted by atomic mass is 35.5. The van der Waals surface area contributed by atoms with E-state index in [-0.39, 0.29) is 44.5 Å². The second kappa shape index (κ2) is 23.6. The first-order valence-corrected chi connectivity index (χ1v) is 27.6. The van der Waals surface area contributed by atoms with Gasteiger partial charge >= 0.3 is 5.97 Å². The number of rotatable bonds is 2. The number of aliphatic hydroxyl groups excluding tert-OH is 8. The first-order chi connectivity index (χ1) is 42.3. The van der Waals surface area contributed by atoms with Crippen molar-refractivity contribution in [2.45, 2.75) is 54.5 Å². The molecule has 6 heterocycles. The summed E-state index contributed by atoms with van der Waals surface area (Å²) in [5.74, 6) is -15.8. The number of aromatic hydroxyl groups is 6. The molecule has 26 nitrogen and oxygen atoms in total. The van der Waals surface area contributed by atoms with Crippen molar-refractivity contribution in [3.05, 3.63) is 162 Å². The number of phenols is 6. The molecule has 0 aliphatic carbocycles. The molecule has 13 rings (SSSR count). The van der Waals surface area contributed by atoms with Gasteiger partial charge in [-0.1, -0.05) is 64.6 Å². The summed E-state index contributed by atoms with van der Waals surface area (Å²) in [4.78, 5) is 38.8. The van der Waals surface area contributed by atoms with Gasteiger partial charge in [0.2, 0.25) is 41.1 Å². The van der Waals surface area contributed by atoms with Crippen molar-refractivity contribution in [1.82, 2.24) is 5.32 Å². The Labute approximate surface area is 520 Å². The number of halogens is 4. The third kappa shape index (κ3) is 11.4. The summed E-state index contributed by atoms with van der Waals surface area (Å²) in [6, 6.07) is 3.99. The number of aliphatic carboxylic acids is 1. The van der Waals surface area contributed by atoms with Gasteiger partial charge in [0.15, 0.2) is 65.0 Å². The molecule has 6 aliphatic heterocycles. The highest BCUT2D eigenvalue weighted by Crippen LogP contribution is 2.51. The van der Waals surface area contributed by atoms with Gasteiger partial charge in [-0.05, 0) is 108 Å². The van der Waals surface area contributed by atoms with E-state index < -0.39 is 190 Å². The zero-order valence-corrected chi connectivity index (χ0v) is 48.1. The van der Waals surface area contributed by atoms with Crippen molar-refractivity contribution in [1.29, 1.82) is 0 Å². The minimum atomic E-state index is -2.29. The Morgan fingerprint density at radius 3 is 1.70 bits per heavy atom. The lowest BCUT2D eigenvalue weighted by atomic mass is 9.90. The van der Waals surface area contributed by atoms with E-state index in [1.54, 1.807) is 0 Å². The molecule has 0 saturated heterocycles. The SMILES string of the molecule is CN[C@H]1C(O)=N[C@H]2C(O)=N[C@H](C(O)=N[C@H]3C(O)=N[C@H]4C(O)=NC(C(O)=N[C@H](C(=O)O)c5cc(O)cc(O)c5-c5cc4ccc5O)[C@H](O)c4cc(Cl)c(c(Cl)c4)Oc4cc3cc(c4O)Oc3ccc(cc3Cl)[C@H]2O)c2cc(cc(O)c2Cl)Oc2cc1ccc2O. The van der Waals surface area contributed by atoms with Gasteiger partial charge in [-0.15, -0.1) is 0 Å². The van der Waals surface area contributed by atoms with Crippen molar-refractivity contribution in [2.75, 3.05) is 7.05 Å². The van der Waals surface area contributed by atoms with Crippen LogP contribution in [0.2, 0.25) is 20.1 Å². The molecule has 458 valence electrons. The van der Waals surface area contributed by atoms with Crippen LogP contribution < -0.4 is 19.5 Å². The number of fused-ring (bicyclic) bond motifs is 12. The second-order valence-electron chi connectivity index (χ2n) is 20.3. The summed E-state index contributed by atoms with van der Waals surface area (Å²) < 4.78 is 18.5. The van der Waals surface area contributed by atoms with Crippen LogP contribution >= 0.6 is 46.4 Å². The molecule has 16 N–H and O–H groups in total. The topological polar surface area (TPSA) is 434 Å². The van der Waals surface area contributed by atoms with Gasteiger partial charge in [0.05, 0.1) is 20.1 Å². The first kappa shape index (κ1) is 60.7. The third-order valence-corrected chi connectivity index (χ3v) is 15.9. The van der Waals surface area contributed by atoms with E-state index in [4.69, 9.17) is 60.6 Å². The van der Waals surface area contributed by atoms with Gasteiger partial charge in [0.25, 0.3) is 0 Å². The van der Waals surface area contributed by atoms with Crippen molar-refractivity contribution in [3.63, 3.8) is 0 Å². The van der Waals surface area contributed by atoms with E-state index in [1.807, 2.05) is 0 Å². The molecule has 0 aromatic heterocycles. The van der Waals surface area contributed by atoms with Crippen LogP contribution in [-0.2, 0) is 4.79 Å². The van der Waals surface area contributed by atoms with Gasteiger partial charge in [-0.3, -0.25) is 0 Å². The number of hydrogen-bond donors (Lipinski definition) is 16. The molecule has 0 fully saturated rings. The zero-order chi connectivity index (χ0) is 63.8. The number of nitrogens with one attached hydrogen (secondary N) is 1. The average Bonchev–Trinajstić information content (AvgIpc) is 1.34.